The summed E-state index contributed by atoms with van der Waals surface area (Å²) in [6, 6.07) is 4.69. The molecule has 1 aromatic rings. The summed E-state index contributed by atoms with van der Waals surface area (Å²) >= 11 is 0. The molecule has 1 amide bonds. The summed E-state index contributed by atoms with van der Waals surface area (Å²) in [6.07, 6.45) is 8.25. The molecule has 2 aliphatic rings. The number of hydrogen-bond acceptors (Lipinski definition) is 4. The molecule has 1 aromatic heterocycles. The van der Waals surface area contributed by atoms with E-state index in [9.17, 15) is 4.79 Å². The van der Waals surface area contributed by atoms with Crippen LogP contribution in [0.25, 0.3) is 0 Å². The van der Waals surface area contributed by atoms with E-state index in [0.717, 1.165) is 51.0 Å². The molecule has 3 rings (SSSR count). The summed E-state index contributed by atoms with van der Waals surface area (Å²) in [7, 11) is 0. The molecule has 1 aliphatic heterocycles. The Kier molecular flexibility index (Phi) is 6.64. The first kappa shape index (κ1) is 21.1. The average molecular weight is 388 g/mol. The van der Waals surface area contributed by atoms with E-state index in [1.807, 2.05) is 37.9 Å². The summed E-state index contributed by atoms with van der Waals surface area (Å²) in [6.45, 7) is 12.5. The quantitative estimate of drug-likeness (QED) is 0.664. The third-order valence-corrected chi connectivity index (χ3v) is 5.65. The lowest BCUT2D eigenvalue weighted by molar-refractivity contribution is 0.0563. The molecule has 0 bridgehead atoms. The van der Waals surface area contributed by atoms with Gasteiger partial charge in [0.05, 0.1) is 0 Å². The normalized spacial score (nSPS) is 21.4. The second kappa shape index (κ2) is 8.81. The van der Waals surface area contributed by atoms with Crippen LogP contribution in [-0.2, 0) is 4.74 Å². The van der Waals surface area contributed by atoms with Crippen molar-refractivity contribution in [3.8, 4) is 0 Å². The molecule has 156 valence electrons. The van der Waals surface area contributed by atoms with Crippen molar-refractivity contribution in [1.82, 2.24) is 9.88 Å². The van der Waals surface area contributed by atoms with Crippen LogP contribution in [0.5, 0.6) is 0 Å². The summed E-state index contributed by atoms with van der Waals surface area (Å²) in [5, 5.41) is 0. The lowest BCUT2D eigenvalue weighted by Gasteiger charge is -2.34. The molecule has 2 fully saturated rings. The van der Waals surface area contributed by atoms with Crippen molar-refractivity contribution in [1.29, 1.82) is 0 Å². The van der Waals surface area contributed by atoms with Crippen molar-refractivity contribution in [2.45, 2.75) is 90.8 Å². The van der Waals surface area contributed by atoms with Crippen molar-refractivity contribution in [3.05, 3.63) is 23.9 Å². The standard InChI is InChI=1S/C23H37N3O2/c1-17(2)16-25-15-9-13-20(25)19-12-8-14-24-21(19)26(18-10-6-7-11-18)22(27)28-23(3,4)5/h8,12,14,17-18,20H,6-7,9-11,13,15-16H2,1-5H3/t20-/m1/s1. The largest absolute Gasteiger partial charge is 0.443 e. The fourth-order valence-electron chi connectivity index (χ4n) is 4.62. The number of nitrogens with zero attached hydrogens (tertiary/aromatic N) is 3. The lowest BCUT2D eigenvalue weighted by atomic mass is 10.0. The summed E-state index contributed by atoms with van der Waals surface area (Å²) in [5.74, 6) is 1.43. The van der Waals surface area contributed by atoms with E-state index < -0.39 is 5.60 Å². The molecule has 0 unspecified atom stereocenters. The number of hydrogen-bond donors (Lipinski definition) is 0. The fourth-order valence-corrected chi connectivity index (χ4v) is 4.62. The highest BCUT2D eigenvalue weighted by atomic mass is 16.6. The number of pyridine rings is 1. The number of likely N-dealkylation sites (tertiary alicyclic amines) is 1. The van der Waals surface area contributed by atoms with E-state index in [1.165, 1.54) is 12.0 Å². The summed E-state index contributed by atoms with van der Waals surface area (Å²) < 4.78 is 5.81. The van der Waals surface area contributed by atoms with E-state index in [2.05, 4.69) is 24.8 Å². The minimum absolute atomic E-state index is 0.184. The highest BCUT2D eigenvalue weighted by molar-refractivity contribution is 5.88. The Bertz CT molecular complexity index is 662. The predicted molar refractivity (Wildman–Crippen MR) is 114 cm³/mol. The number of amides is 1. The number of rotatable bonds is 5. The molecule has 0 radical (unpaired) electrons. The van der Waals surface area contributed by atoms with Gasteiger partial charge in [-0.25, -0.2) is 9.78 Å². The molecule has 2 heterocycles. The Morgan fingerprint density at radius 2 is 1.96 bits per heavy atom. The maximum absolute atomic E-state index is 13.2. The van der Waals surface area contributed by atoms with Gasteiger partial charge in [-0.05, 0) is 65.0 Å². The van der Waals surface area contributed by atoms with Gasteiger partial charge in [0.1, 0.15) is 11.4 Å². The molecule has 5 nitrogen and oxygen atoms in total. The minimum Gasteiger partial charge on any atom is -0.443 e. The zero-order valence-electron chi connectivity index (χ0n) is 18.3. The topological polar surface area (TPSA) is 45.7 Å². The number of carbonyl (C=O) groups excluding carboxylic acids is 1. The maximum Gasteiger partial charge on any atom is 0.416 e. The van der Waals surface area contributed by atoms with Crippen molar-refractivity contribution >= 4 is 11.9 Å². The van der Waals surface area contributed by atoms with E-state index in [1.54, 1.807) is 0 Å². The van der Waals surface area contributed by atoms with Gasteiger partial charge in [-0.2, -0.15) is 0 Å². The maximum atomic E-state index is 13.2. The van der Waals surface area contributed by atoms with Gasteiger partial charge < -0.3 is 4.74 Å². The minimum atomic E-state index is -0.514. The second-order valence-electron chi connectivity index (χ2n) is 9.75. The number of aromatic nitrogens is 1. The monoisotopic (exact) mass is 387 g/mol. The molecule has 5 heteroatoms. The van der Waals surface area contributed by atoms with Crippen molar-refractivity contribution in [2.75, 3.05) is 18.0 Å². The first-order valence-electron chi connectivity index (χ1n) is 11.0. The van der Waals surface area contributed by atoms with Gasteiger partial charge >= 0.3 is 6.09 Å². The fraction of sp³-hybridized carbons (Fsp3) is 0.739. The third kappa shape index (κ3) is 5.05. The number of anilines is 1. The van der Waals surface area contributed by atoms with E-state index >= 15 is 0 Å². The molecular weight excluding hydrogens is 350 g/mol. The average Bonchev–Trinajstić information content (AvgIpc) is 3.26. The van der Waals surface area contributed by atoms with Crippen LogP contribution in [-0.4, -0.2) is 40.7 Å². The van der Waals surface area contributed by atoms with E-state index in [-0.39, 0.29) is 12.1 Å². The number of ether oxygens (including phenoxy) is 1. The van der Waals surface area contributed by atoms with Gasteiger partial charge in [-0.15, -0.1) is 0 Å². The van der Waals surface area contributed by atoms with Gasteiger partial charge in [0.15, 0.2) is 0 Å². The molecule has 0 N–H and O–H groups in total. The van der Waals surface area contributed by atoms with Crippen molar-refractivity contribution in [2.24, 2.45) is 5.92 Å². The van der Waals surface area contributed by atoms with Gasteiger partial charge in [-0.1, -0.05) is 32.8 Å². The molecule has 1 saturated heterocycles. The van der Waals surface area contributed by atoms with Gasteiger partial charge in [0.25, 0.3) is 0 Å². The van der Waals surface area contributed by atoms with Crippen LogP contribution in [0, 0.1) is 5.92 Å². The van der Waals surface area contributed by atoms with E-state index in [4.69, 9.17) is 9.72 Å². The van der Waals surface area contributed by atoms with E-state index in [0.29, 0.717) is 12.0 Å². The Morgan fingerprint density at radius 1 is 1.25 bits per heavy atom. The molecule has 0 aromatic carbocycles. The zero-order valence-corrected chi connectivity index (χ0v) is 18.3. The highest BCUT2D eigenvalue weighted by Crippen LogP contribution is 2.39. The Balaban J connectivity index is 1.95. The van der Waals surface area contributed by atoms with Crippen LogP contribution in [0.3, 0.4) is 0 Å². The van der Waals surface area contributed by atoms with Crippen LogP contribution in [0.1, 0.15) is 84.7 Å². The highest BCUT2D eigenvalue weighted by Gasteiger charge is 2.36. The smallest absolute Gasteiger partial charge is 0.416 e. The summed E-state index contributed by atoms with van der Waals surface area (Å²) in [5.41, 5.74) is 0.665. The van der Waals surface area contributed by atoms with Gasteiger partial charge in [0.2, 0.25) is 0 Å². The second-order valence-corrected chi connectivity index (χ2v) is 9.75. The lowest BCUT2D eigenvalue weighted by Crippen LogP contribution is -2.44. The first-order chi connectivity index (χ1) is 13.3. The van der Waals surface area contributed by atoms with Gasteiger partial charge in [0, 0.05) is 30.4 Å². The molecule has 1 aliphatic carbocycles. The Hall–Kier alpha value is -1.62. The van der Waals surface area contributed by atoms with Gasteiger partial charge in [-0.3, -0.25) is 9.80 Å². The number of carbonyl (C=O) groups is 1. The summed E-state index contributed by atoms with van der Waals surface area (Å²) in [4.78, 5) is 22.4. The molecule has 1 saturated carbocycles. The third-order valence-electron chi connectivity index (χ3n) is 5.65. The van der Waals surface area contributed by atoms with Crippen LogP contribution >= 0.6 is 0 Å². The molecule has 28 heavy (non-hydrogen) atoms. The van der Waals surface area contributed by atoms with Crippen molar-refractivity contribution in [3.63, 3.8) is 0 Å². The molecule has 0 spiro atoms. The Labute approximate surface area is 170 Å². The van der Waals surface area contributed by atoms with Crippen molar-refractivity contribution < 1.29 is 9.53 Å². The Morgan fingerprint density at radius 3 is 2.61 bits per heavy atom. The molecular formula is C23H37N3O2. The van der Waals surface area contributed by atoms with Crippen LogP contribution in [0.2, 0.25) is 0 Å². The first-order valence-corrected chi connectivity index (χ1v) is 11.0. The SMILES string of the molecule is CC(C)CN1CCC[C@@H]1c1cccnc1N(C(=O)OC(C)(C)C)C1CCCC1. The van der Waals surface area contributed by atoms with Crippen LogP contribution in [0.4, 0.5) is 10.6 Å². The zero-order chi connectivity index (χ0) is 20.3. The van der Waals surface area contributed by atoms with Crippen LogP contribution < -0.4 is 4.90 Å². The van der Waals surface area contributed by atoms with Crippen LogP contribution in [0.15, 0.2) is 18.3 Å². The predicted octanol–water partition coefficient (Wildman–Crippen LogP) is 5.56. The molecule has 1 atom stereocenters.